The Kier molecular flexibility index (Phi) is 8.25. The zero-order chi connectivity index (χ0) is 30.9. The van der Waals surface area contributed by atoms with Crippen LogP contribution in [0.2, 0.25) is 0 Å². The number of rotatable bonds is 5. The summed E-state index contributed by atoms with van der Waals surface area (Å²) in [7, 11) is 3.55. The molecule has 43 heavy (non-hydrogen) atoms. The molecule has 3 heterocycles. The average Bonchev–Trinajstić information content (AvgIpc) is 3.36. The van der Waals surface area contributed by atoms with Gasteiger partial charge in [-0.1, -0.05) is 36.4 Å². The standard InChI is InChI=1S/C32H37FN6O4/c1-32(2,3)43-31(42)39-16-12-22(13-17-39)24-18-25(33)27(26(19-24)34-4)29-36-35-28(37(29)5)23-8-6-20(7-9-23)21-10-14-38(15-11-21)30(40)41/h6-10,12,18-19,34H,11,13-17H2,1-5H3,(H,40,41). The molecule has 2 aliphatic heterocycles. The molecule has 2 N–H and O–H groups in total. The Morgan fingerprint density at radius 3 is 2.05 bits per heavy atom. The molecule has 0 atom stereocenters. The van der Waals surface area contributed by atoms with Crippen LogP contribution in [0.5, 0.6) is 0 Å². The summed E-state index contributed by atoms with van der Waals surface area (Å²) >= 11 is 0. The highest BCUT2D eigenvalue weighted by Gasteiger charge is 2.26. The zero-order valence-electron chi connectivity index (χ0n) is 25.1. The number of ether oxygens (including phenoxy) is 1. The Labute approximate surface area is 250 Å². The molecule has 0 fully saturated rings. The van der Waals surface area contributed by atoms with Crippen molar-refractivity contribution in [2.75, 3.05) is 38.5 Å². The van der Waals surface area contributed by atoms with Crippen LogP contribution >= 0.6 is 0 Å². The zero-order valence-corrected chi connectivity index (χ0v) is 25.1. The monoisotopic (exact) mass is 588 g/mol. The Hall–Kier alpha value is -4.67. The van der Waals surface area contributed by atoms with Crippen molar-refractivity contribution in [3.63, 3.8) is 0 Å². The maximum Gasteiger partial charge on any atom is 0.410 e. The summed E-state index contributed by atoms with van der Waals surface area (Å²) in [5, 5.41) is 21.0. The van der Waals surface area contributed by atoms with Crippen LogP contribution in [0.1, 0.15) is 44.7 Å². The predicted octanol–water partition coefficient (Wildman–Crippen LogP) is 6.12. The van der Waals surface area contributed by atoms with Crippen molar-refractivity contribution in [1.29, 1.82) is 0 Å². The van der Waals surface area contributed by atoms with E-state index >= 15 is 4.39 Å². The fourth-order valence-electron chi connectivity index (χ4n) is 5.38. The summed E-state index contributed by atoms with van der Waals surface area (Å²) in [4.78, 5) is 26.7. The highest BCUT2D eigenvalue weighted by Crippen LogP contribution is 2.36. The minimum atomic E-state index is -0.908. The number of nitrogens with zero attached hydrogens (tertiary/aromatic N) is 5. The molecule has 2 aromatic carbocycles. The molecule has 0 aliphatic carbocycles. The van der Waals surface area contributed by atoms with Gasteiger partial charge in [-0.25, -0.2) is 14.0 Å². The third-order valence-electron chi connectivity index (χ3n) is 7.68. The van der Waals surface area contributed by atoms with E-state index in [4.69, 9.17) is 4.74 Å². The number of hydrogen-bond donors (Lipinski definition) is 2. The van der Waals surface area contributed by atoms with Gasteiger partial charge < -0.3 is 29.5 Å². The molecule has 11 heteroatoms. The quantitative estimate of drug-likeness (QED) is 0.369. The molecule has 5 rings (SSSR count). The first-order valence-corrected chi connectivity index (χ1v) is 14.3. The van der Waals surface area contributed by atoms with Crippen molar-refractivity contribution >= 4 is 29.0 Å². The maximum atomic E-state index is 15.8. The Bertz CT molecular complexity index is 1600. The van der Waals surface area contributed by atoms with Crippen molar-refractivity contribution in [3.8, 4) is 22.8 Å². The smallest absolute Gasteiger partial charge is 0.410 e. The van der Waals surface area contributed by atoms with Gasteiger partial charge in [0.2, 0.25) is 0 Å². The lowest BCUT2D eigenvalue weighted by atomic mass is 9.96. The molecule has 1 aromatic heterocycles. The average molecular weight is 589 g/mol. The summed E-state index contributed by atoms with van der Waals surface area (Å²) in [5.41, 5.74) is 5.02. The molecule has 0 unspecified atom stereocenters. The van der Waals surface area contributed by atoms with Crippen LogP contribution in [0, 0.1) is 5.82 Å². The molecule has 0 saturated heterocycles. The number of anilines is 1. The van der Waals surface area contributed by atoms with Crippen LogP contribution in [-0.2, 0) is 11.8 Å². The van der Waals surface area contributed by atoms with E-state index in [0.717, 1.165) is 27.8 Å². The molecule has 0 spiro atoms. The van der Waals surface area contributed by atoms with Crippen molar-refractivity contribution in [3.05, 3.63) is 65.5 Å². The van der Waals surface area contributed by atoms with Crippen LogP contribution in [0.3, 0.4) is 0 Å². The normalized spacial score (nSPS) is 15.6. The first-order valence-electron chi connectivity index (χ1n) is 14.3. The van der Waals surface area contributed by atoms with E-state index in [1.807, 2.05) is 70.3 Å². The third kappa shape index (κ3) is 6.40. The molecule has 0 saturated carbocycles. The fraction of sp³-hybridized carbons (Fsp3) is 0.375. The lowest BCUT2D eigenvalue weighted by molar-refractivity contribution is 0.0270. The van der Waals surface area contributed by atoms with Gasteiger partial charge in [-0.15, -0.1) is 10.2 Å². The van der Waals surface area contributed by atoms with Crippen LogP contribution in [0.25, 0.3) is 33.9 Å². The van der Waals surface area contributed by atoms with E-state index in [9.17, 15) is 14.7 Å². The Morgan fingerprint density at radius 2 is 1.49 bits per heavy atom. The van der Waals surface area contributed by atoms with Crippen LogP contribution < -0.4 is 5.32 Å². The van der Waals surface area contributed by atoms with Gasteiger partial charge in [0, 0.05) is 51.5 Å². The number of carboxylic acid groups (broad SMARTS) is 1. The number of aromatic nitrogens is 3. The van der Waals surface area contributed by atoms with Gasteiger partial charge in [-0.3, -0.25) is 0 Å². The van der Waals surface area contributed by atoms with E-state index in [2.05, 4.69) is 15.5 Å². The Balaban J connectivity index is 1.36. The molecule has 0 bridgehead atoms. The molecule has 10 nitrogen and oxygen atoms in total. The minimum absolute atomic E-state index is 0.325. The molecule has 2 amide bonds. The van der Waals surface area contributed by atoms with Gasteiger partial charge in [0.05, 0.1) is 5.56 Å². The number of amides is 2. The number of nitrogens with one attached hydrogen (secondary N) is 1. The number of benzene rings is 2. The van der Waals surface area contributed by atoms with Gasteiger partial charge in [0.15, 0.2) is 11.6 Å². The van der Waals surface area contributed by atoms with Gasteiger partial charge in [0.1, 0.15) is 11.4 Å². The van der Waals surface area contributed by atoms with Crippen molar-refractivity contribution in [2.45, 2.75) is 39.2 Å². The number of hydrogen-bond acceptors (Lipinski definition) is 6. The second-order valence-electron chi connectivity index (χ2n) is 11.7. The van der Waals surface area contributed by atoms with Crippen molar-refractivity contribution in [1.82, 2.24) is 24.6 Å². The predicted molar refractivity (Wildman–Crippen MR) is 164 cm³/mol. The highest BCUT2D eigenvalue weighted by molar-refractivity contribution is 5.81. The van der Waals surface area contributed by atoms with E-state index < -0.39 is 17.5 Å². The molecule has 0 radical (unpaired) electrons. The van der Waals surface area contributed by atoms with E-state index in [1.165, 1.54) is 11.0 Å². The van der Waals surface area contributed by atoms with Gasteiger partial charge in [-0.2, -0.15) is 0 Å². The van der Waals surface area contributed by atoms with Gasteiger partial charge in [-0.05, 0) is 68.0 Å². The van der Waals surface area contributed by atoms with Crippen molar-refractivity contribution < 1.29 is 23.8 Å². The van der Waals surface area contributed by atoms with Crippen LogP contribution in [0.4, 0.5) is 19.7 Å². The molecule has 226 valence electrons. The lowest BCUT2D eigenvalue weighted by Gasteiger charge is -2.29. The maximum absolute atomic E-state index is 15.8. The second-order valence-corrected chi connectivity index (χ2v) is 11.7. The topological polar surface area (TPSA) is 113 Å². The largest absolute Gasteiger partial charge is 0.465 e. The number of halogens is 1. The summed E-state index contributed by atoms with van der Waals surface area (Å²) in [6.45, 7) is 7.24. The summed E-state index contributed by atoms with van der Waals surface area (Å²) in [5.74, 6) is 0.568. The summed E-state index contributed by atoms with van der Waals surface area (Å²) in [6, 6.07) is 11.3. The van der Waals surface area contributed by atoms with Crippen molar-refractivity contribution in [2.24, 2.45) is 7.05 Å². The van der Waals surface area contributed by atoms with Crippen LogP contribution in [0.15, 0.2) is 48.6 Å². The minimum Gasteiger partial charge on any atom is -0.465 e. The van der Waals surface area contributed by atoms with Gasteiger partial charge in [0.25, 0.3) is 0 Å². The number of carbonyl (C=O) groups excluding carboxylic acids is 1. The molecular formula is C32H37FN6O4. The lowest BCUT2D eigenvalue weighted by Crippen LogP contribution is -2.39. The molecular weight excluding hydrogens is 551 g/mol. The fourth-order valence-corrected chi connectivity index (χ4v) is 5.38. The third-order valence-corrected chi connectivity index (χ3v) is 7.68. The first kappa shape index (κ1) is 29.8. The second kappa shape index (κ2) is 11.9. The van der Waals surface area contributed by atoms with E-state index in [-0.39, 0.29) is 6.09 Å². The first-order chi connectivity index (χ1) is 20.4. The van der Waals surface area contributed by atoms with E-state index in [1.54, 1.807) is 16.5 Å². The number of carbonyl (C=O) groups is 2. The molecule has 2 aliphatic rings. The summed E-state index contributed by atoms with van der Waals surface area (Å²) in [6.07, 6.45) is 3.86. The molecule has 3 aromatic rings. The highest BCUT2D eigenvalue weighted by atomic mass is 19.1. The van der Waals surface area contributed by atoms with Crippen LogP contribution in [-0.4, -0.2) is 80.7 Å². The Morgan fingerprint density at radius 1 is 0.907 bits per heavy atom. The SMILES string of the molecule is CNc1cc(C2=CCN(C(=O)OC(C)(C)C)CC2)cc(F)c1-c1nnc(-c2ccc(C3=CCN(C(=O)O)CC3)cc2)n1C. The van der Waals surface area contributed by atoms with Gasteiger partial charge >= 0.3 is 12.2 Å². The summed E-state index contributed by atoms with van der Waals surface area (Å²) < 4.78 is 23.0. The van der Waals surface area contributed by atoms with E-state index in [0.29, 0.717) is 61.9 Å².